The van der Waals surface area contributed by atoms with Gasteiger partial charge in [-0.15, -0.1) is 0 Å². The summed E-state index contributed by atoms with van der Waals surface area (Å²) in [5, 5.41) is 7.43. The number of aromatic nitrogens is 2. The number of hydrogen-bond acceptors (Lipinski definition) is 1. The molecule has 0 N–H and O–H groups in total. The molecule has 13 rings (SSSR count). The third-order valence-electron chi connectivity index (χ3n) is 13.4. The van der Waals surface area contributed by atoms with Crippen LogP contribution in [-0.4, -0.2) is 9.13 Å². The molecular formula is C64H43N3. The van der Waals surface area contributed by atoms with Crippen LogP contribution < -0.4 is 4.90 Å². The average Bonchev–Trinajstić information content (AvgIpc) is 3.92. The fraction of sp³-hybridized carbons (Fsp3) is 0. The van der Waals surface area contributed by atoms with E-state index in [4.69, 9.17) is 0 Å². The average molecular weight is 854 g/mol. The Kier molecular flexibility index (Phi) is 9.17. The zero-order valence-corrected chi connectivity index (χ0v) is 36.7. The summed E-state index contributed by atoms with van der Waals surface area (Å²) in [5.41, 5.74) is 17.5. The van der Waals surface area contributed by atoms with Gasteiger partial charge in [0.15, 0.2) is 0 Å². The van der Waals surface area contributed by atoms with Crippen molar-refractivity contribution >= 4 is 71.4 Å². The first-order valence-corrected chi connectivity index (χ1v) is 23.0. The molecule has 0 bridgehead atoms. The zero-order chi connectivity index (χ0) is 44.3. The van der Waals surface area contributed by atoms with E-state index >= 15 is 0 Å². The fourth-order valence-electron chi connectivity index (χ4n) is 10.3. The van der Waals surface area contributed by atoms with Crippen molar-refractivity contribution in [3.8, 4) is 44.8 Å². The number of benzene rings is 11. The van der Waals surface area contributed by atoms with E-state index in [0.717, 1.165) is 39.6 Å². The molecule has 0 aliphatic rings. The van der Waals surface area contributed by atoms with Gasteiger partial charge in [0.1, 0.15) is 0 Å². The second-order valence-electron chi connectivity index (χ2n) is 17.4. The highest BCUT2D eigenvalue weighted by Crippen LogP contribution is 2.42. The summed E-state index contributed by atoms with van der Waals surface area (Å²) in [7, 11) is 0. The van der Waals surface area contributed by atoms with Crippen molar-refractivity contribution in [3.05, 3.63) is 261 Å². The highest BCUT2D eigenvalue weighted by Gasteiger charge is 2.19. The molecule has 0 radical (unpaired) electrons. The van der Waals surface area contributed by atoms with Crippen molar-refractivity contribution in [2.24, 2.45) is 0 Å². The van der Waals surface area contributed by atoms with Crippen LogP contribution in [0, 0.1) is 0 Å². The smallest absolute Gasteiger partial charge is 0.0619 e. The van der Waals surface area contributed by atoms with Gasteiger partial charge in [0.25, 0.3) is 0 Å². The van der Waals surface area contributed by atoms with Gasteiger partial charge in [-0.25, -0.2) is 0 Å². The number of rotatable bonds is 8. The lowest BCUT2D eigenvalue weighted by molar-refractivity contribution is 1.18. The lowest BCUT2D eigenvalue weighted by Gasteiger charge is -2.25. The van der Waals surface area contributed by atoms with E-state index < -0.39 is 0 Å². The van der Waals surface area contributed by atoms with E-state index in [1.807, 2.05) is 0 Å². The standard InChI is InChI=1S/C64H43N3/c1-5-18-51(19-6-1)65(52-20-7-2-8-21-52)55-34-29-44(30-35-55)48-39-49(46-32-37-62-59(42-46)57-27-15-16-28-61(57)66(62)53-22-9-3-10-23-53)41-50(40-48)47-33-38-63-60(43-47)58-36-31-45-17-13-14-26-56(45)64(58)67(63)54-24-11-4-12-25-54/h1-43H. The molecule has 3 heteroatoms. The fourth-order valence-corrected chi connectivity index (χ4v) is 10.3. The monoisotopic (exact) mass is 853 g/mol. The Bertz CT molecular complexity index is 3900. The highest BCUT2D eigenvalue weighted by molar-refractivity contribution is 6.19. The molecule has 13 aromatic rings. The van der Waals surface area contributed by atoms with Crippen LogP contribution >= 0.6 is 0 Å². The third-order valence-corrected chi connectivity index (χ3v) is 13.4. The Morgan fingerprint density at radius 1 is 0.239 bits per heavy atom. The summed E-state index contributed by atoms with van der Waals surface area (Å²) in [5.74, 6) is 0. The van der Waals surface area contributed by atoms with Crippen LogP contribution in [0.25, 0.3) is 99.1 Å². The molecule has 11 aromatic carbocycles. The number of hydrogen-bond donors (Lipinski definition) is 0. The molecule has 0 aliphatic carbocycles. The third kappa shape index (κ3) is 6.59. The number of fused-ring (bicyclic) bond motifs is 8. The van der Waals surface area contributed by atoms with Crippen molar-refractivity contribution in [1.29, 1.82) is 0 Å². The molecule has 0 fully saturated rings. The van der Waals surface area contributed by atoms with E-state index in [1.165, 1.54) is 76.6 Å². The maximum atomic E-state index is 2.44. The minimum Gasteiger partial charge on any atom is -0.311 e. The summed E-state index contributed by atoms with van der Waals surface area (Å²) < 4.78 is 4.83. The highest BCUT2D eigenvalue weighted by atomic mass is 15.1. The van der Waals surface area contributed by atoms with E-state index in [1.54, 1.807) is 0 Å². The van der Waals surface area contributed by atoms with Crippen molar-refractivity contribution < 1.29 is 0 Å². The minimum absolute atomic E-state index is 1.10. The summed E-state index contributed by atoms with van der Waals surface area (Å²) in [6.45, 7) is 0. The summed E-state index contributed by atoms with van der Waals surface area (Å²) >= 11 is 0. The summed E-state index contributed by atoms with van der Waals surface area (Å²) in [6, 6.07) is 95.0. The number of para-hydroxylation sites is 5. The topological polar surface area (TPSA) is 13.1 Å². The van der Waals surface area contributed by atoms with Crippen LogP contribution in [-0.2, 0) is 0 Å². The van der Waals surface area contributed by atoms with Gasteiger partial charge < -0.3 is 14.0 Å². The first-order valence-electron chi connectivity index (χ1n) is 23.0. The first-order chi connectivity index (χ1) is 33.2. The van der Waals surface area contributed by atoms with Crippen LogP contribution in [0.1, 0.15) is 0 Å². The molecular weight excluding hydrogens is 811 g/mol. The van der Waals surface area contributed by atoms with Gasteiger partial charge in [-0.3, -0.25) is 0 Å². The Morgan fingerprint density at radius 3 is 1.28 bits per heavy atom. The predicted octanol–water partition coefficient (Wildman–Crippen LogP) is 17.5. The van der Waals surface area contributed by atoms with Gasteiger partial charge in [0, 0.05) is 55.4 Å². The number of nitrogens with zero attached hydrogens (tertiary/aromatic N) is 3. The molecule has 0 saturated heterocycles. The second kappa shape index (κ2) is 16.0. The van der Waals surface area contributed by atoms with Gasteiger partial charge >= 0.3 is 0 Å². The minimum atomic E-state index is 1.10. The molecule has 67 heavy (non-hydrogen) atoms. The van der Waals surface area contributed by atoms with Crippen LogP contribution in [0.3, 0.4) is 0 Å². The first kappa shape index (κ1) is 38.5. The predicted molar refractivity (Wildman–Crippen MR) is 284 cm³/mol. The van der Waals surface area contributed by atoms with Gasteiger partial charge in [-0.1, -0.05) is 152 Å². The SMILES string of the molecule is c1ccc(N(c2ccccc2)c2ccc(-c3cc(-c4ccc5c(c4)c4ccccc4n5-c4ccccc4)cc(-c4ccc5c(c4)c4ccc6ccccc6c4n5-c4ccccc4)c3)cc2)cc1. The Balaban J connectivity index is 1.01. The van der Waals surface area contributed by atoms with Crippen molar-refractivity contribution in [1.82, 2.24) is 9.13 Å². The van der Waals surface area contributed by atoms with Crippen LogP contribution in [0.2, 0.25) is 0 Å². The van der Waals surface area contributed by atoms with Gasteiger partial charge in [0.05, 0.1) is 22.1 Å². The van der Waals surface area contributed by atoms with E-state index in [2.05, 4.69) is 275 Å². The molecule has 2 aromatic heterocycles. The lowest BCUT2D eigenvalue weighted by atomic mass is 9.92. The van der Waals surface area contributed by atoms with Crippen LogP contribution in [0.15, 0.2) is 261 Å². The van der Waals surface area contributed by atoms with Gasteiger partial charge in [-0.2, -0.15) is 0 Å². The van der Waals surface area contributed by atoms with E-state index in [0.29, 0.717) is 0 Å². The van der Waals surface area contributed by atoms with Crippen LogP contribution in [0.4, 0.5) is 17.1 Å². The molecule has 0 saturated carbocycles. The maximum Gasteiger partial charge on any atom is 0.0619 e. The second-order valence-corrected chi connectivity index (χ2v) is 17.4. The molecule has 0 atom stereocenters. The summed E-state index contributed by atoms with van der Waals surface area (Å²) in [4.78, 5) is 2.32. The van der Waals surface area contributed by atoms with Crippen molar-refractivity contribution in [3.63, 3.8) is 0 Å². The molecule has 2 heterocycles. The van der Waals surface area contributed by atoms with E-state index in [-0.39, 0.29) is 0 Å². The molecule has 0 unspecified atom stereocenters. The Labute approximate surface area is 389 Å². The molecule has 3 nitrogen and oxygen atoms in total. The quantitative estimate of drug-likeness (QED) is 0.148. The molecule has 314 valence electrons. The lowest BCUT2D eigenvalue weighted by Crippen LogP contribution is -2.09. The normalized spacial score (nSPS) is 11.6. The largest absolute Gasteiger partial charge is 0.311 e. The van der Waals surface area contributed by atoms with Crippen LogP contribution in [0.5, 0.6) is 0 Å². The molecule has 0 spiro atoms. The van der Waals surface area contributed by atoms with Crippen molar-refractivity contribution in [2.75, 3.05) is 4.90 Å². The Hall–Kier alpha value is -8.92. The zero-order valence-electron chi connectivity index (χ0n) is 36.7. The van der Waals surface area contributed by atoms with Gasteiger partial charge in [0.2, 0.25) is 0 Å². The Morgan fingerprint density at radius 2 is 0.672 bits per heavy atom. The molecule has 0 aliphatic heterocycles. The number of anilines is 3. The summed E-state index contributed by atoms with van der Waals surface area (Å²) in [6.07, 6.45) is 0. The maximum absolute atomic E-state index is 2.44. The van der Waals surface area contributed by atoms with Crippen molar-refractivity contribution in [2.45, 2.75) is 0 Å². The van der Waals surface area contributed by atoms with E-state index in [9.17, 15) is 0 Å². The van der Waals surface area contributed by atoms with Gasteiger partial charge in [-0.05, 0) is 148 Å². The molecule has 0 amide bonds.